The molecule has 0 saturated heterocycles. The second kappa shape index (κ2) is 5.52. The van der Waals surface area contributed by atoms with E-state index >= 15 is 0 Å². The molecule has 2 unspecified atom stereocenters. The highest BCUT2D eigenvalue weighted by Crippen LogP contribution is 2.33. The highest BCUT2D eigenvalue weighted by atomic mass is 79.9. The maximum atomic E-state index is 12.4. The fraction of sp³-hybridized carbons (Fsp3) is 0.538. The Morgan fingerprint density at radius 3 is 2.58 bits per heavy atom. The summed E-state index contributed by atoms with van der Waals surface area (Å²) in [5.74, 6) is 0.440. The monoisotopic (exact) mass is 346 g/mol. The van der Waals surface area contributed by atoms with Crippen molar-refractivity contribution in [3.8, 4) is 0 Å². The zero-order valence-corrected chi connectivity index (χ0v) is 13.7. The highest BCUT2D eigenvalue weighted by molar-refractivity contribution is 9.10. The number of rotatable bonds is 5. The normalized spacial score (nSPS) is 22.5. The van der Waals surface area contributed by atoms with Crippen LogP contribution < -0.4 is 10.0 Å². The minimum atomic E-state index is -3.45. The van der Waals surface area contributed by atoms with E-state index in [1.165, 1.54) is 0 Å². The van der Waals surface area contributed by atoms with Crippen LogP contribution in [0.1, 0.15) is 24.5 Å². The van der Waals surface area contributed by atoms with Crippen molar-refractivity contribution in [2.24, 2.45) is 5.92 Å². The Labute approximate surface area is 123 Å². The lowest BCUT2D eigenvalue weighted by Gasteiger charge is -2.12. The summed E-state index contributed by atoms with van der Waals surface area (Å²) in [5, 5.41) is 3.04. The molecule has 2 atom stereocenters. The van der Waals surface area contributed by atoms with Crippen molar-refractivity contribution in [3.63, 3.8) is 0 Å². The largest absolute Gasteiger partial charge is 0.316 e. The third-order valence-electron chi connectivity index (χ3n) is 3.37. The molecule has 1 fully saturated rings. The second-order valence-electron chi connectivity index (χ2n) is 5.20. The Kier molecular flexibility index (Phi) is 4.35. The Bertz CT molecular complexity index is 587. The van der Waals surface area contributed by atoms with Crippen molar-refractivity contribution in [2.45, 2.75) is 37.8 Å². The summed E-state index contributed by atoms with van der Waals surface area (Å²) in [6.07, 6.45) is 0.923. The van der Waals surface area contributed by atoms with Crippen molar-refractivity contribution in [1.82, 2.24) is 10.0 Å². The molecule has 0 radical (unpaired) electrons. The summed E-state index contributed by atoms with van der Waals surface area (Å²) < 4.78 is 28.2. The van der Waals surface area contributed by atoms with Crippen molar-refractivity contribution in [2.75, 3.05) is 7.05 Å². The molecular weight excluding hydrogens is 328 g/mol. The van der Waals surface area contributed by atoms with Crippen LogP contribution in [-0.4, -0.2) is 21.5 Å². The lowest BCUT2D eigenvalue weighted by atomic mass is 10.1. The van der Waals surface area contributed by atoms with Gasteiger partial charge in [-0.15, -0.1) is 0 Å². The van der Waals surface area contributed by atoms with Gasteiger partial charge in [0.2, 0.25) is 10.0 Å². The van der Waals surface area contributed by atoms with Crippen LogP contribution in [0.4, 0.5) is 0 Å². The molecular formula is C13H19BrN2O2S. The molecule has 0 spiro atoms. The van der Waals surface area contributed by atoms with Gasteiger partial charge in [-0.05, 0) is 59.4 Å². The van der Waals surface area contributed by atoms with Gasteiger partial charge in [0.15, 0.2) is 0 Å². The third-order valence-corrected chi connectivity index (χ3v) is 6.20. The number of sulfonamides is 1. The summed E-state index contributed by atoms with van der Waals surface area (Å²) >= 11 is 3.39. The molecule has 1 aromatic carbocycles. The van der Waals surface area contributed by atoms with E-state index in [0.717, 1.165) is 17.5 Å². The first kappa shape index (κ1) is 15.0. The highest BCUT2D eigenvalue weighted by Gasteiger charge is 2.37. The Hall–Kier alpha value is -0.430. The SMILES string of the molecule is CNCc1cc(C)c(Br)c(S(=O)(=O)NC2CC2C)c1. The number of halogens is 1. The molecule has 6 heteroatoms. The molecule has 1 saturated carbocycles. The fourth-order valence-corrected chi connectivity index (χ4v) is 4.49. The molecule has 19 heavy (non-hydrogen) atoms. The lowest BCUT2D eigenvalue weighted by molar-refractivity contribution is 0.577. The van der Waals surface area contributed by atoms with Crippen LogP contribution in [0.2, 0.25) is 0 Å². The van der Waals surface area contributed by atoms with Crippen molar-refractivity contribution in [3.05, 3.63) is 27.7 Å². The Balaban J connectivity index is 2.36. The van der Waals surface area contributed by atoms with Crippen LogP contribution in [0, 0.1) is 12.8 Å². The van der Waals surface area contributed by atoms with Crippen LogP contribution in [-0.2, 0) is 16.6 Å². The van der Waals surface area contributed by atoms with Crippen molar-refractivity contribution in [1.29, 1.82) is 0 Å². The van der Waals surface area contributed by atoms with Gasteiger partial charge in [-0.1, -0.05) is 13.0 Å². The van der Waals surface area contributed by atoms with E-state index in [4.69, 9.17) is 0 Å². The fourth-order valence-electron chi connectivity index (χ4n) is 2.06. The van der Waals surface area contributed by atoms with Gasteiger partial charge in [0.1, 0.15) is 0 Å². The van der Waals surface area contributed by atoms with Gasteiger partial charge in [-0.25, -0.2) is 13.1 Å². The van der Waals surface area contributed by atoms with E-state index in [0.29, 0.717) is 21.8 Å². The van der Waals surface area contributed by atoms with Gasteiger partial charge in [-0.2, -0.15) is 0 Å². The predicted molar refractivity (Wildman–Crippen MR) is 79.5 cm³/mol. The molecule has 0 bridgehead atoms. The number of hydrogen-bond acceptors (Lipinski definition) is 3. The maximum Gasteiger partial charge on any atom is 0.241 e. The molecule has 4 nitrogen and oxygen atoms in total. The molecule has 2 N–H and O–H groups in total. The summed E-state index contributed by atoms with van der Waals surface area (Å²) in [7, 11) is -1.61. The van der Waals surface area contributed by atoms with Gasteiger partial charge in [0, 0.05) is 17.1 Å². The molecule has 1 aliphatic rings. The lowest BCUT2D eigenvalue weighted by Crippen LogP contribution is -2.27. The first-order chi connectivity index (χ1) is 8.85. The number of aryl methyl sites for hydroxylation is 1. The minimum absolute atomic E-state index is 0.0881. The van der Waals surface area contributed by atoms with Gasteiger partial charge < -0.3 is 5.32 Å². The summed E-state index contributed by atoms with van der Waals surface area (Å²) in [6, 6.07) is 3.80. The Morgan fingerprint density at radius 1 is 1.42 bits per heavy atom. The molecule has 106 valence electrons. The average molecular weight is 347 g/mol. The van der Waals surface area contributed by atoms with E-state index in [-0.39, 0.29) is 6.04 Å². The van der Waals surface area contributed by atoms with E-state index in [1.54, 1.807) is 6.07 Å². The summed E-state index contributed by atoms with van der Waals surface area (Å²) in [4.78, 5) is 0.330. The second-order valence-corrected chi connectivity index (χ2v) is 7.67. The number of nitrogens with one attached hydrogen (secondary N) is 2. The standard InChI is InChI=1S/C13H19BrN2O2S/c1-8-5-11(8)16-19(17,18)12-6-10(7-15-3)4-9(2)13(12)14/h4,6,8,11,15-16H,5,7H2,1-3H3. The topological polar surface area (TPSA) is 58.2 Å². The molecule has 2 rings (SSSR count). The molecule has 0 heterocycles. The molecule has 0 aliphatic heterocycles. The number of hydrogen-bond donors (Lipinski definition) is 2. The average Bonchev–Trinajstić information content (AvgIpc) is 2.98. The van der Waals surface area contributed by atoms with Crippen LogP contribution >= 0.6 is 15.9 Å². The van der Waals surface area contributed by atoms with E-state index in [1.807, 2.05) is 27.0 Å². The van der Waals surface area contributed by atoms with Gasteiger partial charge in [0.05, 0.1) is 4.90 Å². The first-order valence-corrected chi connectivity index (χ1v) is 8.58. The van der Waals surface area contributed by atoms with Crippen LogP contribution in [0.3, 0.4) is 0 Å². The molecule has 0 amide bonds. The van der Waals surface area contributed by atoms with Gasteiger partial charge in [-0.3, -0.25) is 0 Å². The maximum absolute atomic E-state index is 12.4. The Morgan fingerprint density at radius 2 is 2.05 bits per heavy atom. The van der Waals surface area contributed by atoms with Crippen LogP contribution in [0.15, 0.2) is 21.5 Å². The van der Waals surface area contributed by atoms with E-state index < -0.39 is 10.0 Å². The van der Waals surface area contributed by atoms with Crippen molar-refractivity contribution >= 4 is 26.0 Å². The number of benzene rings is 1. The zero-order chi connectivity index (χ0) is 14.2. The van der Waals surface area contributed by atoms with Gasteiger partial charge in [0.25, 0.3) is 0 Å². The van der Waals surface area contributed by atoms with Crippen molar-refractivity contribution < 1.29 is 8.42 Å². The minimum Gasteiger partial charge on any atom is -0.316 e. The molecule has 1 aromatic rings. The quantitative estimate of drug-likeness (QED) is 0.858. The smallest absolute Gasteiger partial charge is 0.241 e. The predicted octanol–water partition coefficient (Wildman–Crippen LogP) is 2.16. The first-order valence-electron chi connectivity index (χ1n) is 6.31. The van der Waals surface area contributed by atoms with Crippen LogP contribution in [0.25, 0.3) is 0 Å². The van der Waals surface area contributed by atoms with Crippen LogP contribution in [0.5, 0.6) is 0 Å². The summed E-state index contributed by atoms with van der Waals surface area (Å²) in [5.41, 5.74) is 1.89. The van der Waals surface area contributed by atoms with Gasteiger partial charge >= 0.3 is 0 Å². The third kappa shape index (κ3) is 3.37. The van der Waals surface area contributed by atoms with E-state index in [2.05, 4.69) is 26.0 Å². The molecule has 1 aliphatic carbocycles. The van der Waals surface area contributed by atoms with E-state index in [9.17, 15) is 8.42 Å². The zero-order valence-electron chi connectivity index (χ0n) is 11.3. The molecule has 0 aromatic heterocycles. The summed E-state index contributed by atoms with van der Waals surface area (Å²) in [6.45, 7) is 4.60.